The molecule has 5 heteroatoms. The van der Waals surface area contributed by atoms with Crippen molar-refractivity contribution in [2.24, 2.45) is 0 Å². The molecule has 288 valence electrons. The number of fused-ring (bicyclic) bond motifs is 12. The van der Waals surface area contributed by atoms with Crippen molar-refractivity contribution >= 4 is 76.1 Å². The number of benzene rings is 10. The van der Waals surface area contributed by atoms with E-state index in [4.69, 9.17) is 19.4 Å². The van der Waals surface area contributed by atoms with Gasteiger partial charge in [0.1, 0.15) is 11.2 Å². The summed E-state index contributed by atoms with van der Waals surface area (Å²) >= 11 is 0. The number of nitrogens with zero attached hydrogens (tertiary/aromatic N) is 4. The molecule has 0 N–H and O–H groups in total. The number of rotatable bonds is 5. The summed E-state index contributed by atoms with van der Waals surface area (Å²) in [5.74, 6) is 1.82. The molecular formula is C57H34N4O. The normalized spacial score (nSPS) is 11.9. The van der Waals surface area contributed by atoms with E-state index in [0.29, 0.717) is 17.5 Å². The maximum atomic E-state index is 6.81. The van der Waals surface area contributed by atoms with E-state index in [2.05, 4.69) is 187 Å². The summed E-state index contributed by atoms with van der Waals surface area (Å²) < 4.78 is 9.15. The molecule has 0 aliphatic rings. The summed E-state index contributed by atoms with van der Waals surface area (Å²) in [7, 11) is 0. The van der Waals surface area contributed by atoms with Crippen LogP contribution in [0, 0.1) is 0 Å². The Morgan fingerprint density at radius 2 is 0.855 bits per heavy atom. The van der Waals surface area contributed by atoms with Crippen LogP contribution < -0.4 is 0 Å². The Hall–Kier alpha value is -8.41. The first-order valence-corrected chi connectivity index (χ1v) is 20.9. The van der Waals surface area contributed by atoms with Gasteiger partial charge in [-0.15, -0.1) is 0 Å². The van der Waals surface area contributed by atoms with E-state index in [0.717, 1.165) is 77.2 Å². The van der Waals surface area contributed by atoms with E-state index < -0.39 is 0 Å². The van der Waals surface area contributed by atoms with E-state index in [-0.39, 0.29) is 0 Å². The lowest BCUT2D eigenvalue weighted by molar-refractivity contribution is 0.670. The maximum Gasteiger partial charge on any atom is 0.166 e. The zero-order valence-corrected chi connectivity index (χ0v) is 33.3. The topological polar surface area (TPSA) is 56.7 Å². The number of hydrogen-bond donors (Lipinski definition) is 0. The molecule has 0 spiro atoms. The molecule has 5 nitrogen and oxygen atoms in total. The van der Waals surface area contributed by atoms with Crippen molar-refractivity contribution in [2.75, 3.05) is 0 Å². The highest BCUT2D eigenvalue weighted by Gasteiger charge is 2.22. The lowest BCUT2D eigenvalue weighted by Crippen LogP contribution is -2.03. The predicted molar refractivity (Wildman–Crippen MR) is 256 cm³/mol. The Kier molecular flexibility index (Phi) is 7.54. The van der Waals surface area contributed by atoms with Crippen LogP contribution in [-0.2, 0) is 0 Å². The van der Waals surface area contributed by atoms with Gasteiger partial charge in [0.15, 0.2) is 17.5 Å². The summed E-state index contributed by atoms with van der Waals surface area (Å²) in [6.45, 7) is 0. The van der Waals surface area contributed by atoms with Gasteiger partial charge >= 0.3 is 0 Å². The fraction of sp³-hybridized carbons (Fsp3) is 0. The molecule has 0 amide bonds. The van der Waals surface area contributed by atoms with Crippen molar-refractivity contribution in [3.05, 3.63) is 206 Å². The van der Waals surface area contributed by atoms with Crippen molar-refractivity contribution in [3.8, 4) is 51.0 Å². The third kappa shape index (κ3) is 5.25. The molecule has 0 aliphatic heterocycles. The fourth-order valence-corrected chi connectivity index (χ4v) is 9.61. The quantitative estimate of drug-likeness (QED) is 0.163. The molecule has 13 aromatic rings. The van der Waals surface area contributed by atoms with Crippen molar-refractivity contribution in [2.45, 2.75) is 0 Å². The second-order valence-corrected chi connectivity index (χ2v) is 15.9. The SMILES string of the molecule is c1ccc(-c2nc(-c3ccc4c5ccccc5c5ccccc5c4c3)nc(-c3ccccc3-n3c4ccccc4c4cc5c(cc43)oc3c(-c4ccccc4)cccc35)n2)cc1. The van der Waals surface area contributed by atoms with Crippen LogP contribution in [-0.4, -0.2) is 19.5 Å². The van der Waals surface area contributed by atoms with Gasteiger partial charge in [-0.1, -0.05) is 170 Å². The molecule has 3 heterocycles. The lowest BCUT2D eigenvalue weighted by atomic mass is 9.93. The van der Waals surface area contributed by atoms with Crippen LogP contribution in [0.2, 0.25) is 0 Å². The molecule has 0 saturated carbocycles. The zero-order valence-electron chi connectivity index (χ0n) is 33.3. The standard InChI is InChI=1S/C57H34N4O/c1-3-16-35(17-4-1)38-26-15-27-45-49-33-48-44-24-11-13-28-50(44)61(52(48)34-53(49)62-54(38)45)51-29-14-12-25-46(51)57-59-55(36-18-5-2-6-19-36)58-56(60-57)37-30-31-43-41-22-8-7-20-39(41)40-21-9-10-23-42(40)47(43)32-37/h1-34H. The van der Waals surface area contributed by atoms with E-state index in [9.17, 15) is 0 Å². The largest absolute Gasteiger partial charge is 0.455 e. The van der Waals surface area contributed by atoms with E-state index in [1.807, 2.05) is 24.3 Å². The van der Waals surface area contributed by atoms with Crippen LogP contribution in [0.15, 0.2) is 211 Å². The van der Waals surface area contributed by atoms with E-state index >= 15 is 0 Å². The van der Waals surface area contributed by atoms with E-state index in [1.54, 1.807) is 0 Å². The van der Waals surface area contributed by atoms with Gasteiger partial charge < -0.3 is 8.98 Å². The number of aromatic nitrogens is 4. The first kappa shape index (κ1) is 34.5. The lowest BCUT2D eigenvalue weighted by Gasteiger charge is -2.15. The molecule has 10 aromatic carbocycles. The second-order valence-electron chi connectivity index (χ2n) is 15.9. The summed E-state index contributed by atoms with van der Waals surface area (Å²) in [6, 6.07) is 72.6. The zero-order chi connectivity index (χ0) is 40.7. The number of furan rings is 1. The molecule has 3 aromatic heterocycles. The summed E-state index contributed by atoms with van der Waals surface area (Å²) in [5, 5.41) is 11.8. The monoisotopic (exact) mass is 790 g/mol. The van der Waals surface area contributed by atoms with Gasteiger partial charge in [-0.05, 0) is 68.2 Å². The van der Waals surface area contributed by atoms with Gasteiger partial charge in [0.25, 0.3) is 0 Å². The summed E-state index contributed by atoms with van der Waals surface area (Å²) in [5.41, 5.74) is 9.76. The smallest absolute Gasteiger partial charge is 0.166 e. The third-order valence-corrected chi connectivity index (χ3v) is 12.4. The van der Waals surface area contributed by atoms with Crippen molar-refractivity contribution < 1.29 is 4.42 Å². The van der Waals surface area contributed by atoms with Crippen LogP contribution in [0.25, 0.3) is 127 Å². The Balaban J connectivity index is 1.05. The highest BCUT2D eigenvalue weighted by atomic mass is 16.3. The minimum Gasteiger partial charge on any atom is -0.455 e. The van der Waals surface area contributed by atoms with Crippen molar-refractivity contribution in [3.63, 3.8) is 0 Å². The molecule has 0 saturated heterocycles. The van der Waals surface area contributed by atoms with Crippen LogP contribution >= 0.6 is 0 Å². The molecular weight excluding hydrogens is 757 g/mol. The van der Waals surface area contributed by atoms with Crippen LogP contribution in [0.3, 0.4) is 0 Å². The van der Waals surface area contributed by atoms with Crippen molar-refractivity contribution in [1.82, 2.24) is 19.5 Å². The molecule has 0 atom stereocenters. The maximum absolute atomic E-state index is 6.81. The summed E-state index contributed by atoms with van der Waals surface area (Å²) in [4.78, 5) is 15.8. The second kappa shape index (κ2) is 13.6. The first-order chi connectivity index (χ1) is 30.7. The number of hydrogen-bond acceptors (Lipinski definition) is 4. The molecule has 62 heavy (non-hydrogen) atoms. The van der Waals surface area contributed by atoms with Gasteiger partial charge in [0.05, 0.1) is 16.7 Å². The van der Waals surface area contributed by atoms with Crippen LogP contribution in [0.1, 0.15) is 0 Å². The van der Waals surface area contributed by atoms with E-state index in [1.165, 1.54) is 32.3 Å². The van der Waals surface area contributed by atoms with Crippen molar-refractivity contribution in [1.29, 1.82) is 0 Å². The fourth-order valence-electron chi connectivity index (χ4n) is 9.61. The van der Waals surface area contributed by atoms with Gasteiger partial charge in [-0.3, -0.25) is 0 Å². The van der Waals surface area contributed by atoms with Crippen LogP contribution in [0.4, 0.5) is 0 Å². The number of para-hydroxylation sites is 3. The van der Waals surface area contributed by atoms with Gasteiger partial charge in [0.2, 0.25) is 0 Å². The minimum absolute atomic E-state index is 0.594. The molecule has 13 rings (SSSR count). The third-order valence-electron chi connectivity index (χ3n) is 12.4. The first-order valence-electron chi connectivity index (χ1n) is 20.9. The Bertz CT molecular complexity index is 3890. The molecule has 0 radical (unpaired) electrons. The highest BCUT2D eigenvalue weighted by Crippen LogP contribution is 2.43. The molecule has 0 aliphatic carbocycles. The highest BCUT2D eigenvalue weighted by molar-refractivity contribution is 6.26. The Morgan fingerprint density at radius 1 is 0.306 bits per heavy atom. The average Bonchev–Trinajstić information content (AvgIpc) is 3.88. The van der Waals surface area contributed by atoms with Gasteiger partial charge in [-0.25, -0.2) is 15.0 Å². The summed E-state index contributed by atoms with van der Waals surface area (Å²) in [6.07, 6.45) is 0. The molecule has 0 fully saturated rings. The Morgan fingerprint density at radius 3 is 1.60 bits per heavy atom. The van der Waals surface area contributed by atoms with Crippen LogP contribution in [0.5, 0.6) is 0 Å². The predicted octanol–water partition coefficient (Wildman–Crippen LogP) is 15.0. The minimum atomic E-state index is 0.594. The Labute approximate surface area is 355 Å². The average molecular weight is 791 g/mol. The van der Waals surface area contributed by atoms with Gasteiger partial charge in [0, 0.05) is 49.9 Å². The molecule has 0 unspecified atom stereocenters. The molecule has 0 bridgehead atoms. The van der Waals surface area contributed by atoms with Gasteiger partial charge in [-0.2, -0.15) is 0 Å².